The van der Waals surface area contributed by atoms with Crippen molar-refractivity contribution in [3.05, 3.63) is 29.7 Å². The summed E-state index contributed by atoms with van der Waals surface area (Å²) in [7, 11) is 0. The van der Waals surface area contributed by atoms with Gasteiger partial charge in [-0.15, -0.1) is 10.2 Å². The Morgan fingerprint density at radius 2 is 2.27 bits per heavy atom. The molecule has 0 saturated heterocycles. The zero-order valence-corrected chi connectivity index (χ0v) is 7.41. The van der Waals surface area contributed by atoms with Crippen LogP contribution in [0.15, 0.2) is 12.5 Å². The third kappa shape index (κ3) is 1.53. The Morgan fingerprint density at radius 3 is 3.00 bits per heavy atom. The fraction of sp³-hybridized carbons (Fsp3) is 0.111. The molecule has 2 aromatic heterocycles. The van der Waals surface area contributed by atoms with Gasteiger partial charge in [0.1, 0.15) is 18.5 Å². The summed E-state index contributed by atoms with van der Waals surface area (Å²) < 4.78 is 27.9. The second-order valence-corrected chi connectivity index (χ2v) is 2.69. The van der Waals surface area contributed by atoms with Gasteiger partial charge in [0.15, 0.2) is 17.3 Å². The van der Waals surface area contributed by atoms with Crippen LogP contribution in [0.5, 0.6) is 0 Å². The number of pyridine rings is 1. The molecule has 0 aliphatic heterocycles. The first kappa shape index (κ1) is 9.55. The van der Waals surface area contributed by atoms with Gasteiger partial charge in [0.25, 0.3) is 0 Å². The van der Waals surface area contributed by atoms with Crippen LogP contribution >= 0.6 is 0 Å². The molecule has 15 heavy (non-hydrogen) atoms. The minimum absolute atomic E-state index is 0.0985. The molecule has 0 aromatic carbocycles. The van der Waals surface area contributed by atoms with Crippen LogP contribution in [0, 0.1) is 23.5 Å². The predicted octanol–water partition coefficient (Wildman–Crippen LogP) is 0.351. The third-order valence-electron chi connectivity index (χ3n) is 1.77. The molecule has 1 N–H and O–H groups in total. The highest BCUT2D eigenvalue weighted by Gasteiger charge is 2.13. The lowest BCUT2D eigenvalue weighted by atomic mass is 10.2. The van der Waals surface area contributed by atoms with Crippen molar-refractivity contribution in [2.75, 3.05) is 6.61 Å². The van der Waals surface area contributed by atoms with E-state index >= 15 is 0 Å². The van der Waals surface area contributed by atoms with Crippen LogP contribution < -0.4 is 0 Å². The van der Waals surface area contributed by atoms with Gasteiger partial charge in [-0.1, -0.05) is 11.8 Å². The Balaban J connectivity index is 2.72. The summed E-state index contributed by atoms with van der Waals surface area (Å²) in [5.41, 5.74) is -0.511. The highest BCUT2D eigenvalue weighted by atomic mass is 19.1. The molecule has 0 radical (unpaired) electrons. The normalized spacial score (nSPS) is 10.1. The SMILES string of the molecule is OCC#Cc1c(F)cn2cnnc2c1F. The van der Waals surface area contributed by atoms with Gasteiger partial charge in [-0.3, -0.25) is 4.40 Å². The first-order valence-electron chi connectivity index (χ1n) is 4.01. The molecule has 0 saturated carbocycles. The minimum Gasteiger partial charge on any atom is -0.384 e. The molecule has 0 amide bonds. The summed E-state index contributed by atoms with van der Waals surface area (Å²) in [6, 6.07) is 0. The molecule has 0 unspecified atom stereocenters. The zero-order valence-electron chi connectivity index (χ0n) is 7.41. The topological polar surface area (TPSA) is 50.4 Å². The van der Waals surface area contributed by atoms with Gasteiger partial charge in [0, 0.05) is 6.20 Å². The van der Waals surface area contributed by atoms with E-state index < -0.39 is 23.8 Å². The van der Waals surface area contributed by atoms with Crippen LogP contribution in [0.2, 0.25) is 0 Å². The molecule has 2 aromatic rings. The van der Waals surface area contributed by atoms with Crippen molar-refractivity contribution in [2.45, 2.75) is 0 Å². The van der Waals surface area contributed by atoms with E-state index in [9.17, 15) is 8.78 Å². The highest BCUT2D eigenvalue weighted by molar-refractivity contribution is 5.49. The van der Waals surface area contributed by atoms with Crippen molar-refractivity contribution < 1.29 is 13.9 Å². The van der Waals surface area contributed by atoms with Gasteiger partial charge in [-0.2, -0.15) is 0 Å². The Hall–Kier alpha value is -2.00. The highest BCUT2D eigenvalue weighted by Crippen LogP contribution is 2.14. The number of halogens is 2. The van der Waals surface area contributed by atoms with E-state index in [2.05, 4.69) is 22.0 Å². The quantitative estimate of drug-likeness (QED) is 0.637. The third-order valence-corrected chi connectivity index (χ3v) is 1.77. The van der Waals surface area contributed by atoms with Gasteiger partial charge < -0.3 is 5.11 Å². The first-order valence-corrected chi connectivity index (χ1v) is 4.01. The van der Waals surface area contributed by atoms with Crippen LogP contribution in [-0.4, -0.2) is 26.3 Å². The van der Waals surface area contributed by atoms with E-state index in [1.165, 1.54) is 6.33 Å². The largest absolute Gasteiger partial charge is 0.384 e. The van der Waals surface area contributed by atoms with Crippen molar-refractivity contribution in [2.24, 2.45) is 0 Å². The van der Waals surface area contributed by atoms with E-state index in [4.69, 9.17) is 5.11 Å². The van der Waals surface area contributed by atoms with Gasteiger partial charge in [-0.05, 0) is 0 Å². The molecule has 0 atom stereocenters. The molecule has 2 rings (SSSR count). The predicted molar refractivity (Wildman–Crippen MR) is 46.9 cm³/mol. The maximum Gasteiger partial charge on any atom is 0.198 e. The average Bonchev–Trinajstić information content (AvgIpc) is 2.65. The number of aliphatic hydroxyl groups is 1. The Labute approximate surface area is 83.2 Å². The summed E-state index contributed by atoms with van der Waals surface area (Å²) in [5.74, 6) is 2.65. The average molecular weight is 209 g/mol. The lowest BCUT2D eigenvalue weighted by Gasteiger charge is -1.98. The Kier molecular flexibility index (Phi) is 2.31. The number of aromatic nitrogens is 3. The van der Waals surface area contributed by atoms with Crippen LogP contribution in [0.3, 0.4) is 0 Å². The van der Waals surface area contributed by atoms with Gasteiger partial charge in [-0.25, -0.2) is 8.78 Å². The molecule has 2 heterocycles. The second-order valence-electron chi connectivity index (χ2n) is 2.69. The Morgan fingerprint density at radius 1 is 1.47 bits per heavy atom. The summed E-state index contributed by atoms with van der Waals surface area (Å²) >= 11 is 0. The van der Waals surface area contributed by atoms with Crippen molar-refractivity contribution in [1.29, 1.82) is 0 Å². The van der Waals surface area contributed by atoms with Crippen LogP contribution in [0.1, 0.15) is 5.56 Å². The number of hydrogen-bond acceptors (Lipinski definition) is 3. The molecule has 76 valence electrons. The van der Waals surface area contributed by atoms with E-state index in [1.54, 1.807) is 0 Å². The first-order chi connectivity index (χ1) is 7.24. The number of hydrogen-bond donors (Lipinski definition) is 1. The summed E-state index contributed by atoms with van der Waals surface area (Å²) in [6.07, 6.45) is 2.21. The maximum absolute atomic E-state index is 13.5. The van der Waals surface area contributed by atoms with Crippen LogP contribution in [-0.2, 0) is 0 Å². The number of rotatable bonds is 0. The smallest absolute Gasteiger partial charge is 0.198 e. The summed E-state index contributed by atoms with van der Waals surface area (Å²) in [4.78, 5) is 0. The van der Waals surface area contributed by atoms with Gasteiger partial charge >= 0.3 is 0 Å². The van der Waals surface area contributed by atoms with Crippen molar-refractivity contribution in [3.63, 3.8) is 0 Å². The summed E-state index contributed by atoms with van der Waals surface area (Å²) in [5, 5.41) is 15.3. The summed E-state index contributed by atoms with van der Waals surface area (Å²) in [6.45, 7) is -0.462. The van der Waals surface area contributed by atoms with E-state index in [0.717, 1.165) is 10.6 Å². The molecular weight excluding hydrogens is 204 g/mol. The van der Waals surface area contributed by atoms with Crippen LogP contribution in [0.25, 0.3) is 5.65 Å². The zero-order chi connectivity index (χ0) is 10.8. The molecule has 6 heteroatoms. The molecule has 0 aliphatic carbocycles. The second kappa shape index (κ2) is 3.63. The maximum atomic E-state index is 13.5. The number of nitrogens with zero attached hydrogens (tertiary/aromatic N) is 3. The standard InChI is InChI=1S/C9H5F2N3O/c10-7-4-14-5-12-13-9(14)8(11)6(7)2-1-3-15/h4-5,15H,3H2. The fourth-order valence-corrected chi connectivity index (χ4v) is 1.14. The lowest BCUT2D eigenvalue weighted by molar-refractivity contribution is 0.350. The number of aliphatic hydroxyl groups excluding tert-OH is 1. The molecule has 0 aliphatic rings. The molecule has 0 bridgehead atoms. The lowest BCUT2D eigenvalue weighted by Crippen LogP contribution is -1.97. The van der Waals surface area contributed by atoms with Crippen LogP contribution in [0.4, 0.5) is 8.78 Å². The van der Waals surface area contributed by atoms with E-state index in [0.29, 0.717) is 0 Å². The van der Waals surface area contributed by atoms with Crippen molar-refractivity contribution in [3.8, 4) is 11.8 Å². The van der Waals surface area contributed by atoms with Crippen molar-refractivity contribution >= 4 is 5.65 Å². The fourth-order valence-electron chi connectivity index (χ4n) is 1.14. The van der Waals surface area contributed by atoms with Gasteiger partial charge in [0.2, 0.25) is 0 Å². The molecular formula is C9H5F2N3O. The molecule has 4 nitrogen and oxygen atoms in total. The monoisotopic (exact) mass is 209 g/mol. The van der Waals surface area contributed by atoms with E-state index in [-0.39, 0.29) is 5.65 Å². The minimum atomic E-state index is -0.881. The van der Waals surface area contributed by atoms with Crippen molar-refractivity contribution in [1.82, 2.24) is 14.6 Å². The molecule has 0 fully saturated rings. The van der Waals surface area contributed by atoms with E-state index in [1.807, 2.05) is 0 Å². The molecule has 0 spiro atoms. The Bertz CT molecular complexity index is 568. The number of fused-ring (bicyclic) bond motifs is 1. The van der Waals surface area contributed by atoms with Gasteiger partial charge in [0.05, 0.1) is 0 Å².